The minimum Gasteiger partial charge on any atom is -0.355 e. The number of carbonyl (C=O) groups excluding carboxylic acids is 1. The van der Waals surface area contributed by atoms with Crippen LogP contribution in [0.15, 0.2) is 35.3 Å². The number of H-pyrrole nitrogens is 1. The number of carbonyl (C=O) groups is 1. The fourth-order valence-corrected chi connectivity index (χ4v) is 2.60. The van der Waals surface area contributed by atoms with Gasteiger partial charge in [0.25, 0.3) is 11.5 Å². The molecule has 0 radical (unpaired) electrons. The van der Waals surface area contributed by atoms with Crippen LogP contribution >= 0.6 is 0 Å². The number of rotatable bonds is 4. The first kappa shape index (κ1) is 17.7. The minimum absolute atomic E-state index is 0.128. The molecule has 2 aromatic heterocycles. The van der Waals surface area contributed by atoms with E-state index in [4.69, 9.17) is 0 Å². The first-order valence-electron chi connectivity index (χ1n) is 8.33. The lowest BCUT2D eigenvalue weighted by molar-refractivity contribution is 0.0963. The van der Waals surface area contributed by atoms with Gasteiger partial charge in [0.1, 0.15) is 5.39 Å². The summed E-state index contributed by atoms with van der Waals surface area (Å²) < 4.78 is 1.74. The first-order valence-corrected chi connectivity index (χ1v) is 8.33. The Kier molecular flexibility index (Phi) is 4.50. The van der Waals surface area contributed by atoms with Gasteiger partial charge >= 0.3 is 0 Å². The monoisotopic (exact) mass is 354 g/mol. The second kappa shape index (κ2) is 6.62. The highest BCUT2D eigenvalue weighted by Gasteiger charge is 2.19. The third-order valence-corrected chi connectivity index (χ3v) is 3.98. The van der Waals surface area contributed by atoms with Gasteiger partial charge in [0.2, 0.25) is 5.95 Å². The summed E-state index contributed by atoms with van der Waals surface area (Å²) in [4.78, 5) is 31.1. The smallest absolute Gasteiger partial charge is 0.263 e. The molecule has 0 aliphatic heterocycles. The molecule has 0 aliphatic rings. The zero-order valence-electron chi connectivity index (χ0n) is 15.3. The van der Waals surface area contributed by atoms with Gasteiger partial charge in [0.05, 0.1) is 11.7 Å². The molecule has 26 heavy (non-hydrogen) atoms. The van der Waals surface area contributed by atoms with Gasteiger partial charge in [0, 0.05) is 19.2 Å². The van der Waals surface area contributed by atoms with Crippen molar-refractivity contribution < 1.29 is 4.79 Å². The maximum Gasteiger partial charge on any atom is 0.263 e. The maximum absolute atomic E-state index is 12.3. The summed E-state index contributed by atoms with van der Waals surface area (Å²) >= 11 is 0. The number of amides is 1. The molecule has 3 rings (SSSR count). The molecule has 0 atom stereocenters. The fraction of sp³-hybridized carbons (Fsp3) is 0.333. The number of aromatic amines is 1. The fourth-order valence-electron chi connectivity index (χ4n) is 2.60. The molecule has 1 aromatic carbocycles. The Balaban J connectivity index is 1.83. The molecule has 8 heteroatoms. The van der Waals surface area contributed by atoms with Gasteiger partial charge in [-0.05, 0) is 38.5 Å². The lowest BCUT2D eigenvalue weighted by Crippen LogP contribution is -2.24. The second-order valence-electron chi connectivity index (χ2n) is 7.01. The van der Waals surface area contributed by atoms with Gasteiger partial charge in [0.15, 0.2) is 5.65 Å². The molecule has 0 unspecified atom stereocenters. The molecule has 0 bridgehead atoms. The Morgan fingerprint density at radius 2 is 1.92 bits per heavy atom. The lowest BCUT2D eigenvalue weighted by Gasteiger charge is -2.19. The average Bonchev–Trinajstić information content (AvgIpc) is 3.04. The number of hydrogen-bond donors (Lipinski definition) is 3. The SMILES string of the molecule is CNC(=O)c1ccc(CNc2nc3c(cnn3C(C)(C)C)c(=O)[nH]2)cc1. The number of hydrogen-bond acceptors (Lipinski definition) is 5. The Bertz CT molecular complexity index is 995. The number of anilines is 1. The van der Waals surface area contributed by atoms with E-state index < -0.39 is 0 Å². The third-order valence-electron chi connectivity index (χ3n) is 3.98. The average molecular weight is 354 g/mol. The van der Waals surface area contributed by atoms with E-state index in [0.29, 0.717) is 29.1 Å². The molecule has 0 aliphatic carbocycles. The topological polar surface area (TPSA) is 105 Å². The van der Waals surface area contributed by atoms with Crippen molar-refractivity contribution in [3.63, 3.8) is 0 Å². The van der Waals surface area contributed by atoms with Crippen LogP contribution in [0.4, 0.5) is 5.95 Å². The van der Waals surface area contributed by atoms with Gasteiger partial charge < -0.3 is 10.6 Å². The number of benzene rings is 1. The summed E-state index contributed by atoms with van der Waals surface area (Å²) in [6, 6.07) is 7.22. The van der Waals surface area contributed by atoms with Crippen molar-refractivity contribution >= 4 is 22.9 Å². The van der Waals surface area contributed by atoms with Gasteiger partial charge in [-0.3, -0.25) is 14.6 Å². The Morgan fingerprint density at radius 3 is 2.54 bits per heavy atom. The highest BCUT2D eigenvalue weighted by molar-refractivity contribution is 5.93. The minimum atomic E-state index is -0.282. The molecule has 0 fully saturated rings. The number of nitrogens with zero attached hydrogens (tertiary/aromatic N) is 3. The van der Waals surface area contributed by atoms with Crippen molar-refractivity contribution in [2.45, 2.75) is 32.9 Å². The maximum atomic E-state index is 12.3. The van der Waals surface area contributed by atoms with Crippen molar-refractivity contribution in [1.82, 2.24) is 25.1 Å². The molecule has 1 amide bonds. The molecule has 3 aromatic rings. The standard InChI is InChI=1S/C18H22N6O2/c1-18(2,3)24-14-13(10-21-24)16(26)23-17(22-14)20-9-11-5-7-12(8-6-11)15(25)19-4/h5-8,10H,9H2,1-4H3,(H,19,25)(H2,20,22,23,26). The predicted molar refractivity (Wildman–Crippen MR) is 100 cm³/mol. The van der Waals surface area contributed by atoms with Crippen LogP contribution in [-0.2, 0) is 12.1 Å². The van der Waals surface area contributed by atoms with E-state index in [1.54, 1.807) is 23.9 Å². The molecule has 0 saturated heterocycles. The molecule has 136 valence electrons. The largest absolute Gasteiger partial charge is 0.355 e. The molecular weight excluding hydrogens is 332 g/mol. The number of nitrogens with one attached hydrogen (secondary N) is 3. The van der Waals surface area contributed by atoms with Crippen LogP contribution in [0.1, 0.15) is 36.7 Å². The molecule has 2 heterocycles. The Morgan fingerprint density at radius 1 is 1.23 bits per heavy atom. The molecule has 8 nitrogen and oxygen atoms in total. The van der Waals surface area contributed by atoms with Gasteiger partial charge in [-0.1, -0.05) is 12.1 Å². The van der Waals surface area contributed by atoms with Gasteiger partial charge in [-0.15, -0.1) is 0 Å². The van der Waals surface area contributed by atoms with Crippen LogP contribution in [0.5, 0.6) is 0 Å². The van der Waals surface area contributed by atoms with E-state index in [0.717, 1.165) is 5.56 Å². The van der Waals surface area contributed by atoms with Crippen LogP contribution < -0.4 is 16.2 Å². The molecule has 3 N–H and O–H groups in total. The van der Waals surface area contributed by atoms with Crippen LogP contribution in [-0.4, -0.2) is 32.7 Å². The van der Waals surface area contributed by atoms with Crippen LogP contribution in [0, 0.1) is 0 Å². The van der Waals surface area contributed by atoms with E-state index in [1.165, 1.54) is 6.20 Å². The van der Waals surface area contributed by atoms with Crippen LogP contribution in [0.25, 0.3) is 11.0 Å². The predicted octanol–water partition coefficient (Wildman–Crippen LogP) is 1.85. The first-order chi connectivity index (χ1) is 12.3. The Labute approximate surface area is 150 Å². The van der Waals surface area contributed by atoms with E-state index in [1.807, 2.05) is 32.9 Å². The van der Waals surface area contributed by atoms with Crippen molar-refractivity contribution in [2.75, 3.05) is 12.4 Å². The zero-order chi connectivity index (χ0) is 18.9. The second-order valence-corrected chi connectivity index (χ2v) is 7.01. The molecule has 0 spiro atoms. The van der Waals surface area contributed by atoms with E-state index >= 15 is 0 Å². The van der Waals surface area contributed by atoms with Crippen molar-refractivity contribution in [2.24, 2.45) is 0 Å². The van der Waals surface area contributed by atoms with Gasteiger partial charge in [-0.25, -0.2) is 4.68 Å². The lowest BCUT2D eigenvalue weighted by atomic mass is 10.1. The quantitative estimate of drug-likeness (QED) is 0.663. The normalized spacial score (nSPS) is 11.5. The van der Waals surface area contributed by atoms with E-state index in [2.05, 4.69) is 25.7 Å². The van der Waals surface area contributed by atoms with Crippen molar-refractivity contribution in [3.05, 3.63) is 51.9 Å². The van der Waals surface area contributed by atoms with E-state index in [9.17, 15) is 9.59 Å². The number of aromatic nitrogens is 4. The number of fused-ring (bicyclic) bond motifs is 1. The molecular formula is C18H22N6O2. The van der Waals surface area contributed by atoms with Crippen molar-refractivity contribution in [3.8, 4) is 0 Å². The van der Waals surface area contributed by atoms with E-state index in [-0.39, 0.29) is 17.0 Å². The third kappa shape index (κ3) is 3.44. The Hall–Kier alpha value is -3.16. The zero-order valence-corrected chi connectivity index (χ0v) is 15.3. The summed E-state index contributed by atoms with van der Waals surface area (Å²) in [5.41, 5.74) is 1.58. The van der Waals surface area contributed by atoms with Crippen LogP contribution in [0.3, 0.4) is 0 Å². The summed E-state index contributed by atoms with van der Waals surface area (Å²) in [7, 11) is 1.60. The summed E-state index contributed by atoms with van der Waals surface area (Å²) in [5, 5.41) is 10.4. The van der Waals surface area contributed by atoms with Gasteiger partial charge in [-0.2, -0.15) is 10.1 Å². The van der Waals surface area contributed by atoms with Crippen molar-refractivity contribution in [1.29, 1.82) is 0 Å². The highest BCUT2D eigenvalue weighted by Crippen LogP contribution is 2.18. The summed E-state index contributed by atoms with van der Waals surface area (Å²) in [5.74, 6) is 0.250. The van der Waals surface area contributed by atoms with Crippen LogP contribution in [0.2, 0.25) is 0 Å². The summed E-state index contributed by atoms with van der Waals surface area (Å²) in [6.45, 7) is 6.47. The summed E-state index contributed by atoms with van der Waals surface area (Å²) in [6.07, 6.45) is 1.54. The highest BCUT2D eigenvalue weighted by atomic mass is 16.1. The molecule has 0 saturated carbocycles.